The minimum atomic E-state index is -0.381. The molecular formula is C8H15N3O2. The van der Waals surface area contributed by atoms with Gasteiger partial charge in [0, 0.05) is 5.92 Å². The number of rotatable bonds is 2. The van der Waals surface area contributed by atoms with Crippen molar-refractivity contribution in [3.8, 4) is 0 Å². The van der Waals surface area contributed by atoms with Crippen LogP contribution in [0.15, 0.2) is 0 Å². The van der Waals surface area contributed by atoms with Gasteiger partial charge in [-0.15, -0.1) is 0 Å². The maximum Gasteiger partial charge on any atom is 0.234 e. The van der Waals surface area contributed by atoms with Gasteiger partial charge in [-0.05, 0) is 26.4 Å². The molecule has 0 aliphatic carbocycles. The zero-order chi connectivity index (χ0) is 10.0. The number of primary amides is 2. The maximum atomic E-state index is 11.0. The summed E-state index contributed by atoms with van der Waals surface area (Å²) in [6.07, 6.45) is 1.18. The number of carbonyl (C=O) groups excluding carboxylic acids is 2. The van der Waals surface area contributed by atoms with E-state index in [2.05, 4.69) is 0 Å². The molecule has 0 aromatic rings. The lowest BCUT2D eigenvalue weighted by molar-refractivity contribution is -0.128. The highest BCUT2D eigenvalue weighted by molar-refractivity contribution is 5.82. The first-order valence-corrected chi connectivity index (χ1v) is 4.31. The number of nitrogens with zero attached hydrogens (tertiary/aromatic N) is 1. The molecular weight excluding hydrogens is 170 g/mol. The fourth-order valence-corrected chi connectivity index (χ4v) is 1.67. The van der Waals surface area contributed by atoms with Crippen molar-refractivity contribution in [3.05, 3.63) is 0 Å². The van der Waals surface area contributed by atoms with E-state index in [-0.39, 0.29) is 23.8 Å². The molecule has 2 unspecified atom stereocenters. The Morgan fingerprint density at radius 2 is 1.92 bits per heavy atom. The number of likely N-dealkylation sites (N-methyl/N-ethyl adjacent to an activating group) is 1. The van der Waals surface area contributed by atoms with Crippen LogP contribution in [0.3, 0.4) is 0 Å². The zero-order valence-electron chi connectivity index (χ0n) is 7.69. The second-order valence-corrected chi connectivity index (χ2v) is 3.52. The summed E-state index contributed by atoms with van der Waals surface area (Å²) < 4.78 is 0. The first kappa shape index (κ1) is 9.98. The van der Waals surface area contributed by atoms with Crippen LogP contribution in [0, 0.1) is 5.92 Å². The third kappa shape index (κ3) is 2.18. The number of piperidine rings is 1. The topological polar surface area (TPSA) is 89.4 Å². The third-order valence-corrected chi connectivity index (χ3v) is 2.60. The molecule has 0 spiro atoms. The predicted molar refractivity (Wildman–Crippen MR) is 47.5 cm³/mol. The molecule has 1 saturated heterocycles. The second-order valence-electron chi connectivity index (χ2n) is 3.52. The van der Waals surface area contributed by atoms with Gasteiger partial charge in [0.2, 0.25) is 11.8 Å². The minimum absolute atomic E-state index is 0.200. The summed E-state index contributed by atoms with van der Waals surface area (Å²) in [5.41, 5.74) is 10.4. The number of hydrogen-bond acceptors (Lipinski definition) is 3. The summed E-state index contributed by atoms with van der Waals surface area (Å²) in [4.78, 5) is 23.7. The van der Waals surface area contributed by atoms with Crippen LogP contribution in [0.1, 0.15) is 12.8 Å². The van der Waals surface area contributed by atoms with Crippen molar-refractivity contribution in [2.45, 2.75) is 18.9 Å². The molecule has 5 heteroatoms. The van der Waals surface area contributed by atoms with Crippen molar-refractivity contribution < 1.29 is 9.59 Å². The average molecular weight is 185 g/mol. The molecule has 1 aliphatic heterocycles. The first-order valence-electron chi connectivity index (χ1n) is 4.31. The van der Waals surface area contributed by atoms with Gasteiger partial charge in [0.05, 0.1) is 6.04 Å². The number of likely N-dealkylation sites (tertiary alicyclic amines) is 1. The molecule has 0 bridgehead atoms. The SMILES string of the molecule is CN1CCC(C(N)=O)CC1C(N)=O. The van der Waals surface area contributed by atoms with Gasteiger partial charge in [-0.2, -0.15) is 0 Å². The van der Waals surface area contributed by atoms with E-state index in [0.717, 1.165) is 6.42 Å². The number of carbonyl (C=O) groups is 2. The van der Waals surface area contributed by atoms with Gasteiger partial charge in [0.1, 0.15) is 0 Å². The van der Waals surface area contributed by atoms with Crippen molar-refractivity contribution in [1.29, 1.82) is 0 Å². The lowest BCUT2D eigenvalue weighted by Crippen LogP contribution is -2.49. The molecule has 2 amide bonds. The second kappa shape index (κ2) is 3.74. The Labute approximate surface area is 77.1 Å². The van der Waals surface area contributed by atoms with Crippen LogP contribution < -0.4 is 11.5 Å². The fourth-order valence-electron chi connectivity index (χ4n) is 1.67. The van der Waals surface area contributed by atoms with Crippen LogP contribution in [0.2, 0.25) is 0 Å². The Kier molecular flexibility index (Phi) is 2.87. The normalized spacial score (nSPS) is 29.9. The minimum Gasteiger partial charge on any atom is -0.369 e. The molecule has 1 aliphatic rings. The van der Waals surface area contributed by atoms with E-state index >= 15 is 0 Å². The Bertz CT molecular complexity index is 229. The molecule has 1 heterocycles. The smallest absolute Gasteiger partial charge is 0.234 e. The fraction of sp³-hybridized carbons (Fsp3) is 0.750. The van der Waals surface area contributed by atoms with Crippen molar-refractivity contribution in [2.75, 3.05) is 13.6 Å². The van der Waals surface area contributed by atoms with E-state index in [4.69, 9.17) is 11.5 Å². The summed E-state index contributed by atoms with van der Waals surface area (Å²) in [6, 6.07) is -0.341. The van der Waals surface area contributed by atoms with Crippen LogP contribution >= 0.6 is 0 Å². The van der Waals surface area contributed by atoms with Gasteiger partial charge in [-0.25, -0.2) is 0 Å². The van der Waals surface area contributed by atoms with Crippen LogP contribution in [-0.4, -0.2) is 36.3 Å². The van der Waals surface area contributed by atoms with Gasteiger partial charge in [0.15, 0.2) is 0 Å². The molecule has 13 heavy (non-hydrogen) atoms. The van der Waals surface area contributed by atoms with Gasteiger partial charge >= 0.3 is 0 Å². The largest absolute Gasteiger partial charge is 0.369 e. The Hall–Kier alpha value is -1.10. The average Bonchev–Trinajstić information content (AvgIpc) is 2.04. The Morgan fingerprint density at radius 1 is 1.31 bits per heavy atom. The monoisotopic (exact) mass is 185 g/mol. The highest BCUT2D eigenvalue weighted by Crippen LogP contribution is 2.20. The van der Waals surface area contributed by atoms with E-state index in [1.807, 2.05) is 11.9 Å². The lowest BCUT2D eigenvalue weighted by Gasteiger charge is -2.33. The molecule has 0 radical (unpaired) electrons. The molecule has 0 aromatic heterocycles. The molecule has 4 N–H and O–H groups in total. The van der Waals surface area contributed by atoms with Crippen LogP contribution in [-0.2, 0) is 9.59 Å². The van der Waals surface area contributed by atoms with Crippen molar-refractivity contribution >= 4 is 11.8 Å². The predicted octanol–water partition coefficient (Wildman–Crippen LogP) is -1.33. The zero-order valence-corrected chi connectivity index (χ0v) is 7.69. The van der Waals surface area contributed by atoms with E-state index in [0.29, 0.717) is 13.0 Å². The summed E-state index contributed by atoms with van der Waals surface area (Å²) in [5, 5.41) is 0. The van der Waals surface area contributed by atoms with Gasteiger partial charge < -0.3 is 11.5 Å². The third-order valence-electron chi connectivity index (χ3n) is 2.60. The molecule has 0 aromatic carbocycles. The van der Waals surface area contributed by atoms with E-state index in [9.17, 15) is 9.59 Å². The number of nitrogens with two attached hydrogens (primary N) is 2. The van der Waals surface area contributed by atoms with Crippen LogP contribution in [0.25, 0.3) is 0 Å². The Morgan fingerprint density at radius 3 is 2.38 bits per heavy atom. The molecule has 2 atom stereocenters. The van der Waals surface area contributed by atoms with Gasteiger partial charge in [-0.1, -0.05) is 0 Å². The van der Waals surface area contributed by atoms with Crippen molar-refractivity contribution in [3.63, 3.8) is 0 Å². The summed E-state index contributed by atoms with van der Waals surface area (Å²) in [7, 11) is 1.83. The molecule has 5 nitrogen and oxygen atoms in total. The maximum absolute atomic E-state index is 11.0. The summed E-state index contributed by atoms with van der Waals surface area (Å²) in [5.74, 6) is -0.915. The lowest BCUT2D eigenvalue weighted by atomic mass is 9.90. The molecule has 0 saturated carbocycles. The quantitative estimate of drug-likeness (QED) is 0.558. The standard InChI is InChI=1S/C8H15N3O2/c1-11-3-2-5(7(9)12)4-6(11)8(10)13/h5-6H,2-4H2,1H3,(H2,9,12)(H2,10,13). The van der Waals surface area contributed by atoms with Gasteiger partial charge in [-0.3, -0.25) is 14.5 Å². The summed E-state index contributed by atoms with van der Waals surface area (Å²) >= 11 is 0. The number of amides is 2. The highest BCUT2D eigenvalue weighted by Gasteiger charge is 2.32. The first-order chi connectivity index (χ1) is 6.02. The summed E-state index contributed by atoms with van der Waals surface area (Å²) in [6.45, 7) is 0.696. The van der Waals surface area contributed by atoms with Crippen molar-refractivity contribution in [1.82, 2.24) is 4.90 Å². The Balaban J connectivity index is 2.63. The van der Waals surface area contributed by atoms with E-state index < -0.39 is 0 Å². The van der Waals surface area contributed by atoms with E-state index in [1.54, 1.807) is 0 Å². The van der Waals surface area contributed by atoms with Crippen LogP contribution in [0.5, 0.6) is 0 Å². The molecule has 1 rings (SSSR count). The molecule has 1 fully saturated rings. The van der Waals surface area contributed by atoms with Crippen LogP contribution in [0.4, 0.5) is 0 Å². The van der Waals surface area contributed by atoms with E-state index in [1.165, 1.54) is 0 Å². The number of hydrogen-bond donors (Lipinski definition) is 2. The highest BCUT2D eigenvalue weighted by atomic mass is 16.2. The molecule has 74 valence electrons. The van der Waals surface area contributed by atoms with Gasteiger partial charge in [0.25, 0.3) is 0 Å². The van der Waals surface area contributed by atoms with Crippen molar-refractivity contribution in [2.24, 2.45) is 17.4 Å².